The number of rotatable bonds is 8. The van der Waals surface area contributed by atoms with E-state index >= 15 is 0 Å². The lowest BCUT2D eigenvalue weighted by molar-refractivity contribution is -0.142. The summed E-state index contributed by atoms with van der Waals surface area (Å²) >= 11 is 12.6. The van der Waals surface area contributed by atoms with Gasteiger partial charge in [-0.25, -0.2) is 0 Å². The third kappa shape index (κ3) is 6.65. The van der Waals surface area contributed by atoms with Crippen molar-refractivity contribution in [1.29, 1.82) is 0 Å². The molecule has 1 atom stereocenters. The number of hydrogen-bond acceptors (Lipinski definition) is 3. The third-order valence-corrected chi connectivity index (χ3v) is 5.05. The second-order valence-corrected chi connectivity index (χ2v) is 7.98. The maximum Gasteiger partial charge on any atom is 0.261 e. The molecular formula is C22H26Cl2N2O3. The van der Waals surface area contributed by atoms with Crippen LogP contribution in [0.2, 0.25) is 10.0 Å². The van der Waals surface area contributed by atoms with E-state index in [1.54, 1.807) is 31.2 Å². The Morgan fingerprint density at radius 1 is 1.07 bits per heavy atom. The van der Waals surface area contributed by atoms with Crippen LogP contribution in [0.15, 0.2) is 42.5 Å². The molecule has 0 bridgehead atoms. The molecule has 0 aliphatic rings. The minimum atomic E-state index is -0.724. The van der Waals surface area contributed by atoms with Crippen LogP contribution in [0.5, 0.6) is 5.75 Å². The lowest BCUT2D eigenvalue weighted by Gasteiger charge is -2.30. The van der Waals surface area contributed by atoms with E-state index in [0.717, 1.165) is 5.56 Å². The van der Waals surface area contributed by atoms with Crippen LogP contribution in [0.1, 0.15) is 31.9 Å². The molecule has 1 N–H and O–H groups in total. The number of halogens is 2. The Kier molecular flexibility index (Phi) is 8.35. The van der Waals surface area contributed by atoms with E-state index in [1.807, 2.05) is 39.0 Å². The summed E-state index contributed by atoms with van der Waals surface area (Å²) < 4.78 is 5.65. The average Bonchev–Trinajstić information content (AvgIpc) is 2.65. The van der Waals surface area contributed by atoms with E-state index in [9.17, 15) is 9.59 Å². The van der Waals surface area contributed by atoms with Gasteiger partial charge in [-0.3, -0.25) is 9.59 Å². The fourth-order valence-corrected chi connectivity index (χ4v) is 3.29. The van der Waals surface area contributed by atoms with Crippen molar-refractivity contribution in [3.8, 4) is 5.75 Å². The molecule has 0 aromatic heterocycles. The van der Waals surface area contributed by atoms with E-state index in [2.05, 4.69) is 5.32 Å². The molecule has 0 aliphatic carbocycles. The van der Waals surface area contributed by atoms with Crippen LogP contribution >= 0.6 is 23.2 Å². The summed E-state index contributed by atoms with van der Waals surface area (Å²) in [5, 5.41) is 3.71. The van der Waals surface area contributed by atoms with Gasteiger partial charge in [0.05, 0.1) is 0 Å². The van der Waals surface area contributed by atoms with Gasteiger partial charge in [0, 0.05) is 28.2 Å². The van der Waals surface area contributed by atoms with Crippen molar-refractivity contribution in [1.82, 2.24) is 10.2 Å². The maximum atomic E-state index is 13.0. The van der Waals surface area contributed by atoms with Crippen molar-refractivity contribution < 1.29 is 14.3 Å². The number of nitrogens with zero attached hydrogens (tertiary/aromatic N) is 1. The Morgan fingerprint density at radius 2 is 1.69 bits per heavy atom. The Bertz CT molecular complexity index is 851. The number of aryl methyl sites for hydroxylation is 1. The van der Waals surface area contributed by atoms with Crippen LogP contribution in [0, 0.1) is 6.92 Å². The van der Waals surface area contributed by atoms with Gasteiger partial charge in [-0.05, 0) is 57.5 Å². The highest BCUT2D eigenvalue weighted by atomic mass is 35.5. The average molecular weight is 437 g/mol. The summed E-state index contributed by atoms with van der Waals surface area (Å²) in [6.07, 6.45) is 0. The molecule has 0 saturated heterocycles. The Hall–Kier alpha value is -2.24. The number of benzene rings is 2. The fourth-order valence-electron chi connectivity index (χ4n) is 2.77. The third-order valence-electron chi connectivity index (χ3n) is 4.34. The van der Waals surface area contributed by atoms with Crippen LogP contribution in [0.4, 0.5) is 0 Å². The summed E-state index contributed by atoms with van der Waals surface area (Å²) in [6, 6.07) is 11.8. The van der Waals surface area contributed by atoms with Crippen LogP contribution in [-0.4, -0.2) is 35.4 Å². The molecule has 0 fully saturated rings. The first kappa shape index (κ1) is 23.0. The van der Waals surface area contributed by atoms with Crippen LogP contribution < -0.4 is 10.1 Å². The Balaban J connectivity index is 2.22. The predicted octanol–water partition coefficient (Wildman–Crippen LogP) is 4.62. The molecule has 0 saturated carbocycles. The van der Waals surface area contributed by atoms with Gasteiger partial charge >= 0.3 is 0 Å². The fraction of sp³-hybridized carbons (Fsp3) is 0.364. The van der Waals surface area contributed by atoms with E-state index in [-0.39, 0.29) is 31.0 Å². The maximum absolute atomic E-state index is 13.0. The summed E-state index contributed by atoms with van der Waals surface area (Å²) in [7, 11) is 0. The molecule has 5 nitrogen and oxygen atoms in total. The SMILES string of the molecule is Cc1cccc(OCC(=O)N(Cc2c(Cl)cccc2Cl)C(C)C(=O)NC(C)C)c1. The van der Waals surface area contributed by atoms with Gasteiger partial charge in [0.2, 0.25) is 5.91 Å². The molecule has 2 aromatic rings. The van der Waals surface area contributed by atoms with Gasteiger partial charge in [-0.15, -0.1) is 0 Å². The molecule has 0 heterocycles. The molecule has 1 unspecified atom stereocenters. The first-order valence-electron chi connectivity index (χ1n) is 9.41. The highest BCUT2D eigenvalue weighted by molar-refractivity contribution is 6.36. The second kappa shape index (κ2) is 10.5. The van der Waals surface area contributed by atoms with E-state index in [1.165, 1.54) is 4.90 Å². The lowest BCUT2D eigenvalue weighted by Crippen LogP contribution is -2.50. The summed E-state index contributed by atoms with van der Waals surface area (Å²) in [6.45, 7) is 7.24. The van der Waals surface area contributed by atoms with Crippen LogP contribution in [-0.2, 0) is 16.1 Å². The number of nitrogens with one attached hydrogen (secondary N) is 1. The number of carbonyl (C=O) groups excluding carboxylic acids is 2. The summed E-state index contributed by atoms with van der Waals surface area (Å²) in [5.41, 5.74) is 1.61. The zero-order valence-corrected chi connectivity index (χ0v) is 18.6. The summed E-state index contributed by atoms with van der Waals surface area (Å²) in [5.74, 6) is -0.00524. The largest absolute Gasteiger partial charge is 0.484 e. The smallest absolute Gasteiger partial charge is 0.261 e. The van der Waals surface area contributed by atoms with Gasteiger partial charge in [-0.2, -0.15) is 0 Å². The van der Waals surface area contributed by atoms with Crippen LogP contribution in [0.3, 0.4) is 0 Å². The predicted molar refractivity (Wildman–Crippen MR) is 116 cm³/mol. The quantitative estimate of drug-likeness (QED) is 0.656. The van der Waals surface area contributed by atoms with Crippen molar-refractivity contribution in [3.05, 3.63) is 63.6 Å². The Labute approximate surface area is 181 Å². The first-order chi connectivity index (χ1) is 13.7. The van der Waals surface area contributed by atoms with E-state index < -0.39 is 6.04 Å². The molecule has 0 aliphatic heterocycles. The zero-order chi connectivity index (χ0) is 21.6. The van der Waals surface area contributed by atoms with E-state index in [4.69, 9.17) is 27.9 Å². The van der Waals surface area contributed by atoms with Crippen molar-refractivity contribution in [2.45, 2.75) is 46.3 Å². The topological polar surface area (TPSA) is 58.6 Å². The van der Waals surface area contributed by atoms with Gasteiger partial charge < -0.3 is 15.0 Å². The van der Waals surface area contributed by atoms with Gasteiger partial charge in [0.25, 0.3) is 5.91 Å². The molecule has 29 heavy (non-hydrogen) atoms. The molecule has 0 spiro atoms. The molecule has 2 rings (SSSR count). The lowest BCUT2D eigenvalue weighted by atomic mass is 10.1. The van der Waals surface area contributed by atoms with Crippen molar-refractivity contribution in [3.63, 3.8) is 0 Å². The van der Waals surface area contributed by atoms with Crippen molar-refractivity contribution >= 4 is 35.0 Å². The van der Waals surface area contributed by atoms with Gasteiger partial charge in [-0.1, -0.05) is 41.4 Å². The number of ether oxygens (including phenoxy) is 1. The van der Waals surface area contributed by atoms with Crippen LogP contribution in [0.25, 0.3) is 0 Å². The Morgan fingerprint density at radius 3 is 2.28 bits per heavy atom. The highest BCUT2D eigenvalue weighted by Gasteiger charge is 2.28. The monoisotopic (exact) mass is 436 g/mol. The van der Waals surface area contributed by atoms with Crippen molar-refractivity contribution in [2.24, 2.45) is 0 Å². The second-order valence-electron chi connectivity index (χ2n) is 7.17. The minimum Gasteiger partial charge on any atom is -0.484 e. The summed E-state index contributed by atoms with van der Waals surface area (Å²) in [4.78, 5) is 27.0. The molecule has 156 valence electrons. The first-order valence-corrected chi connectivity index (χ1v) is 10.2. The standard InChI is InChI=1S/C22H26Cl2N2O3/c1-14(2)25-22(28)16(4)26(12-18-19(23)9-6-10-20(18)24)21(27)13-29-17-8-5-7-15(3)11-17/h5-11,14,16H,12-13H2,1-4H3,(H,25,28). The number of carbonyl (C=O) groups is 2. The highest BCUT2D eigenvalue weighted by Crippen LogP contribution is 2.26. The normalized spacial score (nSPS) is 11.8. The molecule has 0 radical (unpaired) electrons. The van der Waals surface area contributed by atoms with E-state index in [0.29, 0.717) is 21.4 Å². The van der Waals surface area contributed by atoms with Gasteiger partial charge in [0.1, 0.15) is 11.8 Å². The molecule has 2 aromatic carbocycles. The molecular weight excluding hydrogens is 411 g/mol. The van der Waals surface area contributed by atoms with Gasteiger partial charge in [0.15, 0.2) is 6.61 Å². The number of hydrogen-bond donors (Lipinski definition) is 1. The number of amides is 2. The molecule has 7 heteroatoms. The minimum absolute atomic E-state index is 0.0469. The zero-order valence-electron chi connectivity index (χ0n) is 17.0. The molecule has 2 amide bonds. The van der Waals surface area contributed by atoms with Crippen molar-refractivity contribution in [2.75, 3.05) is 6.61 Å².